The van der Waals surface area contributed by atoms with E-state index in [1.165, 1.54) is 0 Å². The Balaban J connectivity index is 1.72. The largest absolute Gasteiger partial charge is 0.507 e. The van der Waals surface area contributed by atoms with Crippen molar-refractivity contribution in [2.24, 2.45) is 5.10 Å². The van der Waals surface area contributed by atoms with Gasteiger partial charge in [0, 0.05) is 29.0 Å². The summed E-state index contributed by atoms with van der Waals surface area (Å²) in [5.41, 5.74) is 3.46. The van der Waals surface area contributed by atoms with Gasteiger partial charge < -0.3 is 25.2 Å². The van der Waals surface area contributed by atoms with Crippen LogP contribution in [-0.4, -0.2) is 46.4 Å². The van der Waals surface area contributed by atoms with E-state index in [0.29, 0.717) is 27.7 Å². The Labute approximate surface area is 211 Å². The van der Waals surface area contributed by atoms with Gasteiger partial charge in [-0.2, -0.15) is 5.10 Å². The molecule has 13 heteroatoms. The van der Waals surface area contributed by atoms with E-state index in [2.05, 4.69) is 21.2 Å². The van der Waals surface area contributed by atoms with Gasteiger partial charge >= 0.3 is 5.97 Å². The molecule has 4 N–H and O–H groups in total. The number of non-ortho nitro benzene ring substituents is 1. The third-order valence-electron chi connectivity index (χ3n) is 4.97. The third kappa shape index (κ3) is 6.33. The van der Waals surface area contributed by atoms with Crippen LogP contribution in [0.3, 0.4) is 0 Å². The highest BCUT2D eigenvalue weighted by molar-refractivity contribution is 7.80. The lowest BCUT2D eigenvalue weighted by atomic mass is 9.95. The van der Waals surface area contributed by atoms with E-state index in [1.807, 2.05) is 0 Å². The topological polar surface area (TPSA) is 164 Å². The molecule has 0 unspecified atom stereocenters. The van der Waals surface area contributed by atoms with Crippen LogP contribution in [0.2, 0.25) is 0 Å². The number of ether oxygens (including phenoxy) is 2. The second kappa shape index (κ2) is 11.8. The smallest absolute Gasteiger partial charge is 0.338 e. The highest BCUT2D eigenvalue weighted by Gasteiger charge is 2.32. The maximum atomic E-state index is 12.6. The molecular weight excluding hydrogens is 490 g/mol. The molecular formula is C23H23N5O7S. The Morgan fingerprint density at radius 3 is 2.78 bits per heavy atom. The van der Waals surface area contributed by atoms with Gasteiger partial charge in [0.15, 0.2) is 11.7 Å². The fourth-order valence-corrected chi connectivity index (χ4v) is 3.64. The summed E-state index contributed by atoms with van der Waals surface area (Å²) in [6.45, 7) is 3.18. The third-order valence-corrected chi connectivity index (χ3v) is 5.19. The number of nitro groups is 1. The van der Waals surface area contributed by atoms with Crippen LogP contribution < -0.4 is 20.8 Å². The number of nitrogens with one attached hydrogen (secondary N) is 3. The Bertz CT molecular complexity index is 1260. The highest BCUT2D eigenvalue weighted by atomic mass is 32.1. The van der Waals surface area contributed by atoms with Crippen molar-refractivity contribution in [1.82, 2.24) is 16.1 Å². The van der Waals surface area contributed by atoms with Crippen LogP contribution in [0.25, 0.3) is 0 Å². The number of benzene rings is 2. The van der Waals surface area contributed by atoms with E-state index in [4.69, 9.17) is 21.7 Å². The number of hydrazone groups is 1. The van der Waals surface area contributed by atoms with Gasteiger partial charge in [0.05, 0.1) is 29.4 Å². The lowest BCUT2D eigenvalue weighted by Gasteiger charge is -2.30. The quantitative estimate of drug-likeness (QED) is 0.128. The predicted molar refractivity (Wildman–Crippen MR) is 133 cm³/mol. The minimum atomic E-state index is -0.674. The molecule has 0 aliphatic carbocycles. The number of rotatable bonds is 9. The van der Waals surface area contributed by atoms with Gasteiger partial charge in [-0.3, -0.25) is 14.9 Å². The van der Waals surface area contributed by atoms with E-state index >= 15 is 0 Å². The van der Waals surface area contributed by atoms with Crippen molar-refractivity contribution >= 4 is 41.1 Å². The maximum absolute atomic E-state index is 12.6. The zero-order valence-electron chi connectivity index (χ0n) is 19.3. The van der Waals surface area contributed by atoms with E-state index in [9.17, 15) is 24.8 Å². The molecule has 1 aliphatic heterocycles. The van der Waals surface area contributed by atoms with E-state index in [0.717, 1.165) is 24.4 Å². The Hall–Kier alpha value is -4.52. The lowest BCUT2D eigenvalue weighted by molar-refractivity contribution is -0.384. The summed E-state index contributed by atoms with van der Waals surface area (Å²) in [4.78, 5) is 35.1. The van der Waals surface area contributed by atoms with Crippen LogP contribution in [0.1, 0.15) is 31.0 Å². The summed E-state index contributed by atoms with van der Waals surface area (Å²) in [5, 5.41) is 30.7. The van der Waals surface area contributed by atoms with Crippen molar-refractivity contribution in [3.05, 3.63) is 75.0 Å². The highest BCUT2D eigenvalue weighted by Crippen LogP contribution is 2.33. The van der Waals surface area contributed by atoms with Gasteiger partial charge in [0.25, 0.3) is 11.6 Å². The number of carbonyl (C=O) groups is 2. The van der Waals surface area contributed by atoms with Crippen LogP contribution in [0, 0.1) is 10.1 Å². The first kappa shape index (κ1) is 26.1. The summed E-state index contributed by atoms with van der Waals surface area (Å²) in [7, 11) is 0. The molecule has 2 aromatic carbocycles. The first-order valence-corrected chi connectivity index (χ1v) is 11.1. The Morgan fingerprint density at radius 2 is 2.06 bits per heavy atom. The Kier molecular flexibility index (Phi) is 8.52. The normalized spacial score (nSPS) is 15.2. The van der Waals surface area contributed by atoms with Gasteiger partial charge in [0.2, 0.25) is 0 Å². The molecule has 1 amide bonds. The van der Waals surface area contributed by atoms with Crippen molar-refractivity contribution in [3.8, 4) is 11.5 Å². The summed E-state index contributed by atoms with van der Waals surface area (Å²) < 4.78 is 10.9. The number of hydrogen-bond acceptors (Lipinski definition) is 9. The first-order chi connectivity index (χ1) is 17.2. The number of carbonyl (C=O) groups excluding carboxylic acids is 2. The number of nitro benzene ring substituents is 1. The number of allylic oxidation sites excluding steroid dienone is 1. The van der Waals surface area contributed by atoms with Gasteiger partial charge in [0.1, 0.15) is 11.5 Å². The van der Waals surface area contributed by atoms with Crippen LogP contribution in [0.4, 0.5) is 5.69 Å². The molecule has 0 radical (unpaired) electrons. The summed E-state index contributed by atoms with van der Waals surface area (Å²) >= 11 is 5.25. The number of phenols is 1. The number of aromatic hydroxyl groups is 1. The molecule has 0 fully saturated rings. The van der Waals surface area contributed by atoms with Crippen molar-refractivity contribution in [2.45, 2.75) is 19.9 Å². The summed E-state index contributed by atoms with van der Waals surface area (Å²) in [5.74, 6) is -1.06. The SMILES string of the molecule is CCOC(=O)C1=C(C)NC(=S)N[C@H]1c1ccccc1OCC(=O)NN=Cc1cc([N+](=O)[O-])ccc1O. The zero-order valence-corrected chi connectivity index (χ0v) is 20.1. The van der Waals surface area contributed by atoms with Crippen molar-refractivity contribution in [2.75, 3.05) is 13.2 Å². The molecule has 0 bridgehead atoms. The molecule has 0 saturated heterocycles. The Morgan fingerprint density at radius 1 is 1.31 bits per heavy atom. The minimum absolute atomic E-state index is 0.0531. The van der Waals surface area contributed by atoms with Crippen molar-refractivity contribution in [1.29, 1.82) is 0 Å². The average Bonchev–Trinajstić information content (AvgIpc) is 2.83. The molecule has 12 nitrogen and oxygen atoms in total. The number of amides is 1. The first-order valence-electron chi connectivity index (χ1n) is 10.7. The van der Waals surface area contributed by atoms with Crippen LogP contribution >= 0.6 is 12.2 Å². The second-order valence-corrected chi connectivity index (χ2v) is 7.82. The molecule has 0 saturated carbocycles. The van der Waals surface area contributed by atoms with Crippen LogP contribution in [-0.2, 0) is 14.3 Å². The summed E-state index contributed by atoms with van der Waals surface area (Å²) in [6.07, 6.45) is 1.08. The van der Waals surface area contributed by atoms with Gasteiger partial charge in [-0.15, -0.1) is 0 Å². The predicted octanol–water partition coefficient (Wildman–Crippen LogP) is 2.19. The monoisotopic (exact) mass is 513 g/mol. The number of nitrogens with zero attached hydrogens (tertiary/aromatic N) is 2. The van der Waals surface area contributed by atoms with Crippen LogP contribution in [0.15, 0.2) is 58.8 Å². The summed E-state index contributed by atoms with van der Waals surface area (Å²) in [6, 6.07) is 9.57. The molecule has 36 heavy (non-hydrogen) atoms. The van der Waals surface area contributed by atoms with Crippen molar-refractivity contribution in [3.63, 3.8) is 0 Å². The number of hydrogen-bond donors (Lipinski definition) is 4. The molecule has 0 spiro atoms. The van der Waals surface area contributed by atoms with E-state index in [1.54, 1.807) is 38.1 Å². The number of esters is 1. The van der Waals surface area contributed by atoms with Crippen molar-refractivity contribution < 1.29 is 29.1 Å². The lowest BCUT2D eigenvalue weighted by Crippen LogP contribution is -2.45. The molecule has 2 aromatic rings. The van der Waals surface area contributed by atoms with E-state index < -0.39 is 29.4 Å². The average molecular weight is 514 g/mol. The molecule has 3 rings (SSSR count). The molecule has 1 heterocycles. The molecule has 1 aliphatic rings. The van der Waals surface area contributed by atoms with Crippen LogP contribution in [0.5, 0.6) is 11.5 Å². The zero-order chi connectivity index (χ0) is 26.2. The standard InChI is InChI=1S/C23H23N5O7S/c1-3-34-22(31)20-13(2)25-23(36)26-21(20)16-6-4-5-7-18(16)35-12-19(30)27-24-11-14-10-15(28(32)33)8-9-17(14)29/h4-11,21,29H,3,12H2,1-2H3,(H,27,30)(H2,25,26,36)/t21-/m0/s1. The maximum Gasteiger partial charge on any atom is 0.338 e. The number of para-hydroxylation sites is 1. The fourth-order valence-electron chi connectivity index (χ4n) is 3.37. The fraction of sp³-hybridized carbons (Fsp3) is 0.217. The second-order valence-electron chi connectivity index (χ2n) is 7.41. The number of phenolic OH excluding ortho intramolecular Hbond substituents is 1. The van der Waals surface area contributed by atoms with Gasteiger partial charge in [-0.25, -0.2) is 10.2 Å². The number of thiocarbonyl (C=S) groups is 1. The van der Waals surface area contributed by atoms with E-state index in [-0.39, 0.29) is 23.6 Å². The van der Waals surface area contributed by atoms with Gasteiger partial charge in [-0.1, -0.05) is 18.2 Å². The molecule has 1 atom stereocenters. The minimum Gasteiger partial charge on any atom is -0.507 e. The van der Waals surface area contributed by atoms with Gasteiger partial charge in [-0.05, 0) is 38.2 Å². The molecule has 0 aromatic heterocycles. The molecule has 188 valence electrons.